The molecule has 0 amide bonds. The van der Waals surface area contributed by atoms with Crippen LogP contribution in [0.4, 0.5) is 5.69 Å². The maximum absolute atomic E-state index is 13.2. The molecule has 0 aliphatic carbocycles. The van der Waals surface area contributed by atoms with Crippen LogP contribution < -0.4 is 9.20 Å². The van der Waals surface area contributed by atoms with Crippen LogP contribution in [-0.4, -0.2) is 23.3 Å². The Morgan fingerprint density at radius 1 is 0.967 bits per heavy atom. The van der Waals surface area contributed by atoms with Crippen molar-refractivity contribution in [3.63, 3.8) is 0 Å². The molecule has 0 aliphatic heterocycles. The third-order valence-corrected chi connectivity index (χ3v) is 21.6. The van der Waals surface area contributed by atoms with E-state index in [1.54, 1.807) is 6.07 Å². The quantitative estimate of drug-likeness (QED) is 0.166. The molecule has 0 bridgehead atoms. The van der Waals surface area contributed by atoms with Gasteiger partial charge in [0.05, 0.1) is 0 Å². The van der Waals surface area contributed by atoms with E-state index in [1.807, 2.05) is 6.07 Å². The van der Waals surface area contributed by atoms with Crippen molar-refractivity contribution in [2.75, 3.05) is 0 Å². The third kappa shape index (κ3) is 6.10. The molecule has 0 N–H and O–H groups in total. The van der Waals surface area contributed by atoms with Crippen LogP contribution in [0.1, 0.15) is 59.3 Å². The zero-order chi connectivity index (χ0) is 22.1. The predicted octanol–water partition coefficient (Wildman–Crippen LogP) is 6.92. The average Bonchev–Trinajstić information content (AvgIpc) is 2.73. The summed E-state index contributed by atoms with van der Waals surface area (Å²) in [6.45, 7) is 6.58. The first kappa shape index (κ1) is 24.9. The van der Waals surface area contributed by atoms with Gasteiger partial charge in [-0.25, -0.2) is 0 Å². The number of rotatable bonds is 12. The van der Waals surface area contributed by atoms with Gasteiger partial charge >= 0.3 is 188 Å². The number of benzene rings is 1. The molecule has 0 spiro atoms. The van der Waals surface area contributed by atoms with E-state index in [1.165, 1.54) is 18.2 Å². The van der Waals surface area contributed by atoms with Gasteiger partial charge in [0.2, 0.25) is 0 Å². The van der Waals surface area contributed by atoms with Gasteiger partial charge in [-0.05, 0) is 0 Å². The van der Waals surface area contributed by atoms with E-state index >= 15 is 0 Å². The Labute approximate surface area is 187 Å². The number of halogens is 1. The van der Waals surface area contributed by atoms with Gasteiger partial charge in [0, 0.05) is 0 Å². The van der Waals surface area contributed by atoms with Crippen molar-refractivity contribution in [2.24, 2.45) is 0 Å². The van der Waals surface area contributed by atoms with E-state index < -0.39 is 23.3 Å². The first-order chi connectivity index (χ1) is 14.4. The summed E-state index contributed by atoms with van der Waals surface area (Å²) in [6.07, 6.45) is 6.79. The maximum atomic E-state index is 13.2. The van der Waals surface area contributed by atoms with Gasteiger partial charge in [0.1, 0.15) is 0 Å². The Balaban J connectivity index is 2.56. The number of hydrogen-bond donors (Lipinski definition) is 0. The number of nitro benzene ring substituents is 1. The van der Waals surface area contributed by atoms with E-state index in [9.17, 15) is 14.9 Å². The van der Waals surface area contributed by atoms with Gasteiger partial charge < -0.3 is 0 Å². The fraction of sp³-hybridized carbons (Fsp3) is 0.522. The topological polar surface area (TPSA) is 73.3 Å². The van der Waals surface area contributed by atoms with E-state index in [-0.39, 0.29) is 22.6 Å². The predicted molar refractivity (Wildman–Crippen MR) is 127 cm³/mol. The molecule has 1 heterocycles. The van der Waals surface area contributed by atoms with Gasteiger partial charge in [-0.3, -0.25) is 0 Å². The molecular formula is C23H32ClNO4Sn. The molecule has 164 valence electrons. The van der Waals surface area contributed by atoms with Crippen molar-refractivity contribution < 1.29 is 9.34 Å². The Kier molecular flexibility index (Phi) is 9.88. The Morgan fingerprint density at radius 2 is 1.53 bits per heavy atom. The van der Waals surface area contributed by atoms with Gasteiger partial charge in [0.15, 0.2) is 0 Å². The van der Waals surface area contributed by atoms with Crippen LogP contribution in [0.15, 0.2) is 39.5 Å². The number of nitrogens with zero attached hydrogens (tertiary/aromatic N) is 1. The van der Waals surface area contributed by atoms with Crippen LogP contribution in [-0.2, 0) is 0 Å². The molecule has 0 aliphatic rings. The molecule has 7 heteroatoms. The second kappa shape index (κ2) is 11.9. The van der Waals surface area contributed by atoms with E-state index in [0.717, 1.165) is 55.4 Å². The van der Waals surface area contributed by atoms with Crippen LogP contribution >= 0.6 is 11.6 Å². The van der Waals surface area contributed by atoms with Gasteiger partial charge in [-0.1, -0.05) is 0 Å². The normalized spacial score (nSPS) is 11.6. The second-order valence-electron chi connectivity index (χ2n) is 8.01. The van der Waals surface area contributed by atoms with Gasteiger partial charge in [-0.2, -0.15) is 0 Å². The molecule has 0 fully saturated rings. The monoisotopic (exact) mass is 541 g/mol. The molecule has 1 aromatic heterocycles. The van der Waals surface area contributed by atoms with Crippen LogP contribution in [0.5, 0.6) is 0 Å². The zero-order valence-electron chi connectivity index (χ0n) is 18.2. The molecule has 0 saturated heterocycles. The third-order valence-electron chi connectivity index (χ3n) is 5.84. The summed E-state index contributed by atoms with van der Waals surface area (Å²) in [7, 11) is 0. The van der Waals surface area contributed by atoms with Crippen LogP contribution in [0.3, 0.4) is 0 Å². The fourth-order valence-electron chi connectivity index (χ4n) is 4.14. The van der Waals surface area contributed by atoms with Gasteiger partial charge in [-0.15, -0.1) is 0 Å². The van der Waals surface area contributed by atoms with Crippen LogP contribution in [0, 0.1) is 10.1 Å². The SMILES string of the molecule is CCC[CH2][Sn]([CH2]CCC)([CH2]CCC)[c]1ccc(-c2cc(Cl)ccc2[N+](=O)[O-])oc1=O. The van der Waals surface area contributed by atoms with Crippen LogP contribution in [0.25, 0.3) is 11.3 Å². The molecule has 2 rings (SSSR count). The Bertz CT molecular complexity index is 891. The summed E-state index contributed by atoms with van der Waals surface area (Å²) < 4.78 is 10.1. The first-order valence-corrected chi connectivity index (χ1v) is 18.8. The second-order valence-corrected chi connectivity index (χ2v) is 21.6. The first-order valence-electron chi connectivity index (χ1n) is 11.0. The van der Waals surface area contributed by atoms with Crippen molar-refractivity contribution in [2.45, 2.75) is 72.6 Å². The van der Waals surface area contributed by atoms with Crippen molar-refractivity contribution >= 4 is 39.2 Å². The summed E-state index contributed by atoms with van der Waals surface area (Å²) in [4.78, 5) is 24.1. The summed E-state index contributed by atoms with van der Waals surface area (Å²) in [5, 5.41) is 11.8. The molecule has 2 aromatic rings. The summed E-state index contributed by atoms with van der Waals surface area (Å²) >= 11 is 3.11. The summed E-state index contributed by atoms with van der Waals surface area (Å²) in [5.41, 5.74) is -0.179. The van der Waals surface area contributed by atoms with Crippen molar-refractivity contribution in [1.29, 1.82) is 0 Å². The molecule has 0 atom stereocenters. The van der Waals surface area contributed by atoms with Gasteiger partial charge in [0.25, 0.3) is 0 Å². The molecule has 0 saturated carbocycles. The summed E-state index contributed by atoms with van der Waals surface area (Å²) in [6, 6.07) is 7.96. The Morgan fingerprint density at radius 3 is 2.00 bits per heavy atom. The molecule has 0 radical (unpaired) electrons. The summed E-state index contributed by atoms with van der Waals surface area (Å²) in [5.74, 6) is 0.208. The molecule has 5 nitrogen and oxygen atoms in total. The van der Waals surface area contributed by atoms with Crippen molar-refractivity contribution in [3.8, 4) is 11.3 Å². The van der Waals surface area contributed by atoms with Crippen LogP contribution in [0.2, 0.25) is 18.3 Å². The Hall–Kier alpha value is -1.34. The molecule has 0 unspecified atom stereocenters. The average molecular weight is 541 g/mol. The molecule has 30 heavy (non-hydrogen) atoms. The minimum absolute atomic E-state index is 0.118. The zero-order valence-corrected chi connectivity index (χ0v) is 21.8. The molecular weight excluding hydrogens is 508 g/mol. The minimum atomic E-state index is -2.94. The number of nitro groups is 1. The van der Waals surface area contributed by atoms with E-state index in [2.05, 4.69) is 20.8 Å². The van der Waals surface area contributed by atoms with E-state index in [4.69, 9.17) is 16.0 Å². The van der Waals surface area contributed by atoms with Crippen molar-refractivity contribution in [3.05, 3.63) is 55.9 Å². The fourth-order valence-corrected chi connectivity index (χ4v) is 20.2. The number of hydrogen-bond acceptors (Lipinski definition) is 4. The van der Waals surface area contributed by atoms with Crippen molar-refractivity contribution in [1.82, 2.24) is 0 Å². The molecule has 1 aromatic carbocycles. The standard InChI is InChI=1S/C11H5ClNO4.3C4H9.Sn/c12-7-4-5-9(13(15)16)8(6-7)10-2-1-3-11(14)17-10;3*1-3-4-2;/h1-2,4-6H;3*1,3-4H2,2H3;. The number of unbranched alkanes of at least 4 members (excludes halogenated alkanes) is 3. The van der Waals surface area contributed by atoms with E-state index in [0.29, 0.717) is 5.02 Å².